The van der Waals surface area contributed by atoms with Gasteiger partial charge in [0.05, 0.1) is 0 Å². The Hall–Kier alpha value is -3.93. The molecule has 69 heavy (non-hydrogen) atoms. The zero-order chi connectivity index (χ0) is 50.0. The second-order valence-corrected chi connectivity index (χ2v) is 18.5. The Labute approximate surface area is 425 Å². The number of hydrogen-bond acceptors (Lipinski definition) is 6. The van der Waals surface area contributed by atoms with E-state index in [9.17, 15) is 14.4 Å². The zero-order valence-electron chi connectivity index (χ0n) is 44.8. The minimum absolute atomic E-state index is 0.102. The van der Waals surface area contributed by atoms with E-state index in [2.05, 4.69) is 93.7 Å². The SMILES string of the molecule is CC\C=C/C=C\C=C/C=C\CCCCCC(=O)OCC(COC(=O)CCCCCCCC/C=C\C/C=C\C/C=C\C/C=C\CC)OC(=O)CCCCCCCCC/C=C\CCCCCCCCCC. The lowest BCUT2D eigenvalue weighted by Gasteiger charge is -2.18. The van der Waals surface area contributed by atoms with Gasteiger partial charge >= 0.3 is 17.9 Å². The van der Waals surface area contributed by atoms with E-state index in [1.54, 1.807) is 0 Å². The van der Waals surface area contributed by atoms with Crippen molar-refractivity contribution >= 4 is 17.9 Å². The van der Waals surface area contributed by atoms with Gasteiger partial charge in [0, 0.05) is 19.3 Å². The Morgan fingerprint density at radius 1 is 0.319 bits per heavy atom. The molecule has 6 nitrogen and oxygen atoms in total. The monoisotopic (exact) mass is 957 g/mol. The van der Waals surface area contributed by atoms with Gasteiger partial charge in [0.2, 0.25) is 0 Å². The van der Waals surface area contributed by atoms with Crippen LogP contribution in [0.25, 0.3) is 0 Å². The molecule has 0 aliphatic carbocycles. The Balaban J connectivity index is 4.45. The highest BCUT2D eigenvalue weighted by Crippen LogP contribution is 2.14. The first-order valence-corrected chi connectivity index (χ1v) is 28.4. The van der Waals surface area contributed by atoms with Crippen molar-refractivity contribution in [2.75, 3.05) is 13.2 Å². The molecular weight excluding hydrogens is 853 g/mol. The fraction of sp³-hybridized carbons (Fsp3) is 0.667. The van der Waals surface area contributed by atoms with Crippen LogP contribution in [0.2, 0.25) is 0 Å². The fourth-order valence-corrected chi connectivity index (χ4v) is 7.61. The van der Waals surface area contributed by atoms with E-state index in [0.29, 0.717) is 19.3 Å². The topological polar surface area (TPSA) is 78.9 Å². The lowest BCUT2D eigenvalue weighted by Crippen LogP contribution is -2.30. The van der Waals surface area contributed by atoms with Gasteiger partial charge in [-0.15, -0.1) is 0 Å². The van der Waals surface area contributed by atoms with Crippen molar-refractivity contribution in [1.29, 1.82) is 0 Å². The molecule has 0 N–H and O–H groups in total. The van der Waals surface area contributed by atoms with Crippen LogP contribution in [0.5, 0.6) is 0 Å². The largest absolute Gasteiger partial charge is 0.462 e. The average molecular weight is 958 g/mol. The van der Waals surface area contributed by atoms with Gasteiger partial charge in [0.15, 0.2) is 6.10 Å². The highest BCUT2D eigenvalue weighted by molar-refractivity contribution is 5.71. The molecule has 1 unspecified atom stereocenters. The van der Waals surface area contributed by atoms with Crippen LogP contribution in [-0.4, -0.2) is 37.2 Å². The number of esters is 3. The lowest BCUT2D eigenvalue weighted by molar-refractivity contribution is -0.167. The maximum atomic E-state index is 12.9. The number of rotatable bonds is 50. The minimum Gasteiger partial charge on any atom is -0.462 e. The van der Waals surface area contributed by atoms with Crippen LogP contribution in [0, 0.1) is 0 Å². The van der Waals surface area contributed by atoms with Gasteiger partial charge in [-0.1, -0.05) is 239 Å². The highest BCUT2D eigenvalue weighted by Gasteiger charge is 2.19. The summed E-state index contributed by atoms with van der Waals surface area (Å²) in [5.41, 5.74) is 0. The van der Waals surface area contributed by atoms with Gasteiger partial charge < -0.3 is 14.2 Å². The van der Waals surface area contributed by atoms with Crippen LogP contribution >= 0.6 is 0 Å². The van der Waals surface area contributed by atoms with Gasteiger partial charge in [0.25, 0.3) is 0 Å². The summed E-state index contributed by atoms with van der Waals surface area (Å²) in [4.78, 5) is 38.1. The first-order chi connectivity index (χ1) is 34.0. The first kappa shape index (κ1) is 65.1. The summed E-state index contributed by atoms with van der Waals surface area (Å²) < 4.78 is 16.8. The summed E-state index contributed by atoms with van der Waals surface area (Å²) in [6.45, 7) is 6.34. The van der Waals surface area contributed by atoms with Crippen LogP contribution in [0.3, 0.4) is 0 Å². The quantitative estimate of drug-likeness (QED) is 0.0199. The van der Waals surface area contributed by atoms with Crippen LogP contribution in [0.1, 0.15) is 252 Å². The molecule has 392 valence electrons. The fourth-order valence-electron chi connectivity index (χ4n) is 7.61. The van der Waals surface area contributed by atoms with Crippen molar-refractivity contribution in [1.82, 2.24) is 0 Å². The third kappa shape index (κ3) is 54.9. The normalized spacial score (nSPS) is 12.9. The van der Waals surface area contributed by atoms with Crippen molar-refractivity contribution in [2.45, 2.75) is 258 Å². The van der Waals surface area contributed by atoms with Gasteiger partial charge in [-0.05, 0) is 103 Å². The molecule has 0 aliphatic heterocycles. The molecule has 0 aromatic heterocycles. The molecule has 0 saturated carbocycles. The standard InChI is InChI=1S/C63H104O6/c1-4-7-10-13-16-19-22-25-27-29-31-33-35-38-41-44-47-50-53-56-62(65)68-59-60(58-67-61(64)55-52-49-46-43-40-37-24-21-18-15-12-9-6-3)69-63(66)57-54-51-48-45-42-39-36-34-32-30-28-26-23-20-17-14-11-8-5-2/h7,9-10,12,15-16,18-19,21,24-25,27,30-33,37,40,60H,4-6,8,11,13-14,17,20,22-23,26,28-29,34-36,38-39,41-59H2,1-3H3/b10-7-,12-9-,18-15-,19-16-,24-21-,27-25-,32-30-,33-31-,40-37-. The third-order valence-electron chi connectivity index (χ3n) is 11.8. The molecule has 0 saturated heterocycles. The lowest BCUT2D eigenvalue weighted by atomic mass is 10.1. The van der Waals surface area contributed by atoms with Crippen molar-refractivity contribution in [3.05, 3.63) is 109 Å². The molecule has 0 spiro atoms. The van der Waals surface area contributed by atoms with E-state index in [4.69, 9.17) is 14.2 Å². The van der Waals surface area contributed by atoms with E-state index < -0.39 is 6.10 Å². The van der Waals surface area contributed by atoms with Crippen LogP contribution in [0.15, 0.2) is 109 Å². The number of carbonyl (C=O) groups excluding carboxylic acids is 3. The molecule has 0 rings (SSSR count). The van der Waals surface area contributed by atoms with Crippen molar-refractivity contribution in [3.63, 3.8) is 0 Å². The first-order valence-electron chi connectivity index (χ1n) is 28.4. The summed E-state index contributed by atoms with van der Waals surface area (Å²) in [6, 6.07) is 0. The Kier molecular flexibility index (Phi) is 53.4. The van der Waals surface area contributed by atoms with Gasteiger partial charge in [-0.3, -0.25) is 14.4 Å². The number of ether oxygens (including phenoxy) is 3. The predicted molar refractivity (Wildman–Crippen MR) is 297 cm³/mol. The highest BCUT2D eigenvalue weighted by atomic mass is 16.6. The van der Waals surface area contributed by atoms with Crippen molar-refractivity contribution in [3.8, 4) is 0 Å². The van der Waals surface area contributed by atoms with Crippen molar-refractivity contribution in [2.24, 2.45) is 0 Å². The van der Waals surface area contributed by atoms with E-state index in [1.807, 2.05) is 36.5 Å². The molecule has 0 aliphatic rings. The second kappa shape index (κ2) is 56.7. The third-order valence-corrected chi connectivity index (χ3v) is 11.8. The molecule has 0 bridgehead atoms. The number of carbonyl (C=O) groups is 3. The summed E-state index contributed by atoms with van der Waals surface area (Å²) >= 11 is 0. The van der Waals surface area contributed by atoms with Crippen LogP contribution < -0.4 is 0 Å². The maximum Gasteiger partial charge on any atom is 0.306 e. The number of unbranched alkanes of at least 4 members (excludes halogenated alkanes) is 24. The number of hydrogen-bond donors (Lipinski definition) is 0. The minimum atomic E-state index is -0.805. The molecule has 0 radical (unpaired) electrons. The molecule has 6 heteroatoms. The maximum absolute atomic E-state index is 12.9. The molecular formula is C63H104O6. The van der Waals surface area contributed by atoms with Gasteiger partial charge in [-0.25, -0.2) is 0 Å². The predicted octanol–water partition coefficient (Wildman–Crippen LogP) is 19.1. The van der Waals surface area contributed by atoms with E-state index in [1.165, 1.54) is 103 Å². The molecule has 0 heterocycles. The molecule has 0 fully saturated rings. The molecule has 0 aromatic carbocycles. The van der Waals surface area contributed by atoms with E-state index >= 15 is 0 Å². The molecule has 0 amide bonds. The van der Waals surface area contributed by atoms with Crippen LogP contribution in [0.4, 0.5) is 0 Å². The Bertz CT molecular complexity index is 1420. The summed E-state index contributed by atoms with van der Waals surface area (Å²) in [7, 11) is 0. The van der Waals surface area contributed by atoms with Gasteiger partial charge in [-0.2, -0.15) is 0 Å². The van der Waals surface area contributed by atoms with E-state index in [0.717, 1.165) is 109 Å². The van der Waals surface area contributed by atoms with E-state index in [-0.39, 0.29) is 31.1 Å². The second-order valence-electron chi connectivity index (χ2n) is 18.5. The Morgan fingerprint density at radius 2 is 0.638 bits per heavy atom. The molecule has 0 aromatic rings. The average Bonchev–Trinajstić information content (AvgIpc) is 3.35. The zero-order valence-corrected chi connectivity index (χ0v) is 44.8. The number of allylic oxidation sites excluding steroid dienone is 18. The molecule has 1 atom stereocenters. The summed E-state index contributed by atoms with van der Waals surface area (Å²) in [6.07, 6.45) is 76.5. The van der Waals surface area contributed by atoms with Crippen molar-refractivity contribution < 1.29 is 28.6 Å². The Morgan fingerprint density at radius 3 is 1.09 bits per heavy atom. The van der Waals surface area contributed by atoms with Crippen LogP contribution in [-0.2, 0) is 28.6 Å². The smallest absolute Gasteiger partial charge is 0.306 e. The summed E-state index contributed by atoms with van der Waals surface area (Å²) in [5.74, 6) is -0.959. The summed E-state index contributed by atoms with van der Waals surface area (Å²) in [5, 5.41) is 0. The van der Waals surface area contributed by atoms with Gasteiger partial charge in [0.1, 0.15) is 13.2 Å².